The van der Waals surface area contributed by atoms with E-state index in [2.05, 4.69) is 0 Å². The van der Waals surface area contributed by atoms with Gasteiger partial charge >= 0.3 is 5.97 Å². The molecule has 0 saturated heterocycles. The van der Waals surface area contributed by atoms with Gasteiger partial charge in [-0.2, -0.15) is 0 Å². The summed E-state index contributed by atoms with van der Waals surface area (Å²) in [6, 6.07) is 0. The summed E-state index contributed by atoms with van der Waals surface area (Å²) >= 11 is 1.37. The van der Waals surface area contributed by atoms with Gasteiger partial charge in [0.15, 0.2) is 5.78 Å². The highest BCUT2D eigenvalue weighted by Gasteiger charge is 2.35. The zero-order valence-corrected chi connectivity index (χ0v) is 13.8. The van der Waals surface area contributed by atoms with Crippen LogP contribution < -0.4 is 0 Å². The molecule has 2 rings (SSSR count). The van der Waals surface area contributed by atoms with Crippen molar-refractivity contribution in [3.63, 3.8) is 0 Å². The molecule has 0 amide bonds. The number of Topliss-reactive ketones (excluding diaryl/α,β-unsaturated/α-hetero) is 1. The highest BCUT2D eigenvalue weighted by Crippen LogP contribution is 2.44. The number of ether oxygens (including phenoxy) is 1. The molecule has 1 atom stereocenters. The van der Waals surface area contributed by atoms with Crippen molar-refractivity contribution in [1.29, 1.82) is 0 Å². The Morgan fingerprint density at radius 3 is 2.43 bits per heavy atom. The minimum Gasteiger partial charge on any atom is -0.507 e. The number of benzene rings is 1. The molecule has 1 unspecified atom stereocenters. The van der Waals surface area contributed by atoms with Crippen LogP contribution in [-0.2, 0) is 9.53 Å². The first-order chi connectivity index (χ1) is 9.73. The quantitative estimate of drug-likeness (QED) is 0.849. The summed E-state index contributed by atoms with van der Waals surface area (Å²) in [6.45, 7) is 9.01. The van der Waals surface area contributed by atoms with Gasteiger partial charge in [-0.3, -0.25) is 9.59 Å². The second-order valence-electron chi connectivity index (χ2n) is 5.65. The van der Waals surface area contributed by atoms with Gasteiger partial charge < -0.3 is 9.84 Å². The first kappa shape index (κ1) is 15.9. The number of phenols is 1. The highest BCUT2D eigenvalue weighted by molar-refractivity contribution is 8.00. The van der Waals surface area contributed by atoms with E-state index in [1.165, 1.54) is 11.8 Å². The van der Waals surface area contributed by atoms with E-state index in [1.807, 2.05) is 13.8 Å². The maximum Gasteiger partial charge on any atom is 0.320 e. The second kappa shape index (κ2) is 5.72. The predicted octanol–water partition coefficient (Wildman–Crippen LogP) is 3.32. The first-order valence-electron chi connectivity index (χ1n) is 6.97. The summed E-state index contributed by atoms with van der Waals surface area (Å²) in [7, 11) is 0. The van der Waals surface area contributed by atoms with Crippen LogP contribution in [-0.4, -0.2) is 28.2 Å². The van der Waals surface area contributed by atoms with Gasteiger partial charge in [-0.1, -0.05) is 0 Å². The Bertz CT molecular complexity index is 619. The predicted molar refractivity (Wildman–Crippen MR) is 82.1 cm³/mol. The summed E-state index contributed by atoms with van der Waals surface area (Å²) in [4.78, 5) is 25.3. The molecule has 1 aliphatic heterocycles. The number of rotatable bonds is 2. The second-order valence-corrected chi connectivity index (χ2v) is 6.86. The fraction of sp³-hybridized carbons (Fsp3) is 0.500. The summed E-state index contributed by atoms with van der Waals surface area (Å²) in [5.41, 5.74) is 2.76. The van der Waals surface area contributed by atoms with Gasteiger partial charge in [0.2, 0.25) is 0 Å². The monoisotopic (exact) mass is 308 g/mol. The Balaban J connectivity index is 2.45. The first-order valence-corrected chi connectivity index (χ1v) is 7.85. The lowest BCUT2D eigenvalue weighted by Crippen LogP contribution is -2.29. The Morgan fingerprint density at radius 1 is 1.24 bits per heavy atom. The molecule has 1 heterocycles. The van der Waals surface area contributed by atoms with Crippen molar-refractivity contribution in [3.05, 3.63) is 22.3 Å². The van der Waals surface area contributed by atoms with Crippen LogP contribution in [0.2, 0.25) is 0 Å². The third kappa shape index (κ3) is 2.79. The number of aromatic hydroxyl groups is 1. The molecule has 0 aliphatic carbocycles. The molecule has 0 fully saturated rings. The van der Waals surface area contributed by atoms with Crippen LogP contribution in [0.3, 0.4) is 0 Å². The molecule has 0 aromatic heterocycles. The Labute approximate surface area is 128 Å². The van der Waals surface area contributed by atoms with E-state index in [0.29, 0.717) is 11.1 Å². The number of fused-ring (bicyclic) bond motifs is 1. The van der Waals surface area contributed by atoms with Gasteiger partial charge in [0.1, 0.15) is 11.0 Å². The molecule has 114 valence electrons. The summed E-state index contributed by atoms with van der Waals surface area (Å²) in [5.74, 6) is -0.287. The van der Waals surface area contributed by atoms with Crippen molar-refractivity contribution in [2.24, 2.45) is 0 Å². The van der Waals surface area contributed by atoms with E-state index < -0.39 is 5.25 Å². The standard InChI is InChI=1S/C16H20O4S/c1-7(2)20-16(19)12-6-11(17)13-10(5)14(18)8(3)9(4)15(13)21-12/h7,12,18H,6H2,1-5H3. The number of carbonyl (C=O) groups is 2. The van der Waals surface area contributed by atoms with Crippen LogP contribution in [0.15, 0.2) is 4.90 Å². The lowest BCUT2D eigenvalue weighted by molar-refractivity contribution is -0.146. The van der Waals surface area contributed by atoms with E-state index in [-0.39, 0.29) is 30.0 Å². The smallest absolute Gasteiger partial charge is 0.320 e. The number of ketones is 1. The average Bonchev–Trinajstić information content (AvgIpc) is 2.41. The van der Waals surface area contributed by atoms with Crippen LogP contribution in [0.25, 0.3) is 0 Å². The lowest BCUT2D eigenvalue weighted by atomic mass is 9.94. The van der Waals surface area contributed by atoms with Crippen LogP contribution in [0, 0.1) is 20.8 Å². The molecule has 1 N–H and O–H groups in total. The third-order valence-corrected chi connectivity index (χ3v) is 5.13. The molecule has 0 spiro atoms. The Kier molecular flexibility index (Phi) is 4.33. The lowest BCUT2D eigenvalue weighted by Gasteiger charge is -2.26. The molecule has 1 aromatic rings. The van der Waals surface area contributed by atoms with E-state index in [1.54, 1.807) is 20.8 Å². The molecule has 21 heavy (non-hydrogen) atoms. The maximum atomic E-state index is 12.4. The van der Waals surface area contributed by atoms with Gasteiger partial charge in [0.05, 0.1) is 6.10 Å². The number of hydrogen-bond donors (Lipinski definition) is 1. The van der Waals surface area contributed by atoms with Crippen molar-refractivity contribution in [3.8, 4) is 5.75 Å². The molecule has 0 bridgehead atoms. The number of carbonyl (C=O) groups excluding carboxylic acids is 2. The van der Waals surface area contributed by atoms with Crippen LogP contribution in [0.4, 0.5) is 0 Å². The average molecular weight is 308 g/mol. The van der Waals surface area contributed by atoms with Gasteiger partial charge in [-0.25, -0.2) is 0 Å². The van der Waals surface area contributed by atoms with Gasteiger partial charge in [-0.05, 0) is 45.7 Å². The normalized spacial score (nSPS) is 17.8. The highest BCUT2D eigenvalue weighted by atomic mass is 32.2. The molecule has 0 saturated carbocycles. The minimum absolute atomic E-state index is 0.106. The van der Waals surface area contributed by atoms with Crippen LogP contribution in [0.1, 0.15) is 47.3 Å². The van der Waals surface area contributed by atoms with E-state index in [4.69, 9.17) is 4.74 Å². The van der Waals surface area contributed by atoms with Crippen molar-refractivity contribution < 1.29 is 19.4 Å². The van der Waals surface area contributed by atoms with Gasteiger partial charge in [0, 0.05) is 22.4 Å². The zero-order valence-electron chi connectivity index (χ0n) is 12.9. The summed E-state index contributed by atoms with van der Waals surface area (Å²) in [5, 5.41) is 9.60. The Morgan fingerprint density at radius 2 is 1.86 bits per heavy atom. The van der Waals surface area contributed by atoms with Crippen molar-refractivity contribution >= 4 is 23.5 Å². The molecule has 1 aliphatic rings. The maximum absolute atomic E-state index is 12.4. The number of phenolic OH excluding ortho intramolecular Hbond substituents is 1. The molecule has 4 nitrogen and oxygen atoms in total. The van der Waals surface area contributed by atoms with Crippen LogP contribution in [0.5, 0.6) is 5.75 Å². The van der Waals surface area contributed by atoms with E-state index in [9.17, 15) is 14.7 Å². The third-order valence-electron chi connectivity index (χ3n) is 3.74. The molecule has 0 radical (unpaired) electrons. The largest absolute Gasteiger partial charge is 0.507 e. The zero-order chi connectivity index (χ0) is 15.9. The fourth-order valence-electron chi connectivity index (χ4n) is 2.48. The molecule has 1 aromatic carbocycles. The molecular formula is C16H20O4S. The van der Waals surface area contributed by atoms with Gasteiger partial charge in [0.25, 0.3) is 0 Å². The topological polar surface area (TPSA) is 63.6 Å². The number of thioether (sulfide) groups is 1. The summed E-state index contributed by atoms with van der Waals surface area (Å²) in [6.07, 6.45) is -0.0783. The minimum atomic E-state index is -0.505. The SMILES string of the molecule is Cc1c(C)c2c(c(C)c1O)C(=O)CC(C(=O)OC(C)C)S2. The number of esters is 1. The van der Waals surface area contributed by atoms with Crippen molar-refractivity contribution in [2.45, 2.75) is 57.3 Å². The fourth-order valence-corrected chi connectivity index (χ4v) is 3.87. The molecular weight excluding hydrogens is 288 g/mol. The summed E-state index contributed by atoms with van der Waals surface area (Å²) < 4.78 is 5.22. The van der Waals surface area contributed by atoms with Crippen molar-refractivity contribution in [2.75, 3.05) is 0 Å². The molecule has 5 heteroatoms. The van der Waals surface area contributed by atoms with E-state index in [0.717, 1.165) is 16.0 Å². The van der Waals surface area contributed by atoms with Crippen LogP contribution >= 0.6 is 11.8 Å². The number of hydrogen-bond acceptors (Lipinski definition) is 5. The van der Waals surface area contributed by atoms with Crippen molar-refractivity contribution in [1.82, 2.24) is 0 Å². The Hall–Kier alpha value is -1.49. The van der Waals surface area contributed by atoms with E-state index >= 15 is 0 Å². The van der Waals surface area contributed by atoms with Gasteiger partial charge in [-0.15, -0.1) is 11.8 Å².